The minimum atomic E-state index is -0.604. The van der Waals surface area contributed by atoms with Crippen LogP contribution in [0.15, 0.2) is 33.9 Å². The van der Waals surface area contributed by atoms with Crippen LogP contribution in [0.2, 0.25) is 0 Å². The van der Waals surface area contributed by atoms with Crippen molar-refractivity contribution in [2.24, 2.45) is 0 Å². The van der Waals surface area contributed by atoms with Crippen molar-refractivity contribution in [1.82, 2.24) is 9.55 Å². The molecule has 2 rings (SSSR count). The van der Waals surface area contributed by atoms with Gasteiger partial charge in [0.1, 0.15) is 11.6 Å². The van der Waals surface area contributed by atoms with E-state index in [0.717, 1.165) is 16.7 Å². The van der Waals surface area contributed by atoms with E-state index in [1.165, 1.54) is 24.1 Å². The van der Waals surface area contributed by atoms with Gasteiger partial charge in [-0.3, -0.25) is 19.1 Å². The van der Waals surface area contributed by atoms with Crippen LogP contribution in [-0.2, 0) is 17.8 Å². The Hall–Kier alpha value is -2.63. The summed E-state index contributed by atoms with van der Waals surface area (Å²) >= 11 is 0. The molecule has 0 saturated heterocycles. The maximum Gasteiger partial charge on any atom is 0.330 e. The Kier molecular flexibility index (Phi) is 4.60. The zero-order valence-electron chi connectivity index (χ0n) is 12.9. The second kappa shape index (κ2) is 6.43. The van der Waals surface area contributed by atoms with E-state index in [-0.39, 0.29) is 12.3 Å². The lowest BCUT2D eigenvalue weighted by Crippen LogP contribution is -2.36. The molecule has 1 heterocycles. The van der Waals surface area contributed by atoms with Gasteiger partial charge in [-0.2, -0.15) is 0 Å². The highest BCUT2D eigenvalue weighted by molar-refractivity contribution is 5.75. The van der Waals surface area contributed by atoms with Gasteiger partial charge < -0.3 is 5.32 Å². The van der Waals surface area contributed by atoms with Gasteiger partial charge in [0, 0.05) is 11.8 Å². The average molecular weight is 301 g/mol. The number of rotatable bonds is 5. The summed E-state index contributed by atoms with van der Waals surface area (Å²) in [5.74, 6) is 0.0557. The summed E-state index contributed by atoms with van der Waals surface area (Å²) in [6, 6.07) is 7.12. The van der Waals surface area contributed by atoms with Gasteiger partial charge in [-0.25, -0.2) is 4.79 Å². The molecule has 0 aliphatic rings. The van der Waals surface area contributed by atoms with Crippen molar-refractivity contribution in [3.05, 3.63) is 56.2 Å². The Balaban J connectivity index is 2.33. The number of anilines is 2. The smallest absolute Gasteiger partial charge is 0.330 e. The van der Waals surface area contributed by atoms with Crippen LogP contribution in [0.3, 0.4) is 0 Å². The summed E-state index contributed by atoms with van der Waals surface area (Å²) in [6.07, 6.45) is 0.901. The minimum Gasteiger partial charge on any atom is -0.342 e. The van der Waals surface area contributed by atoms with Crippen LogP contribution < -0.4 is 16.6 Å². The number of ketones is 1. The maximum atomic E-state index is 11.9. The molecule has 0 aliphatic carbocycles. The van der Waals surface area contributed by atoms with Crippen molar-refractivity contribution < 1.29 is 4.79 Å². The standard InChI is InChI=1S/C16H19N3O3/c1-4-12-7-13(6-5-10(12)2)17-14-8-15(21)19(9-11(3)20)16(22)18-14/h5-8,17H,4,9H2,1-3H3,(H,18,22). The summed E-state index contributed by atoms with van der Waals surface area (Å²) in [4.78, 5) is 37.4. The molecule has 1 aromatic carbocycles. The zero-order chi connectivity index (χ0) is 16.3. The Morgan fingerprint density at radius 3 is 2.59 bits per heavy atom. The molecule has 116 valence electrons. The summed E-state index contributed by atoms with van der Waals surface area (Å²) in [7, 11) is 0. The van der Waals surface area contributed by atoms with Gasteiger partial charge in [0.05, 0.1) is 6.54 Å². The van der Waals surface area contributed by atoms with Crippen LogP contribution in [-0.4, -0.2) is 15.3 Å². The second-order valence-electron chi connectivity index (χ2n) is 5.23. The van der Waals surface area contributed by atoms with Crippen molar-refractivity contribution in [3.63, 3.8) is 0 Å². The summed E-state index contributed by atoms with van der Waals surface area (Å²) in [5.41, 5.74) is 2.06. The Labute approximate surface area is 127 Å². The number of benzene rings is 1. The fraction of sp³-hybridized carbons (Fsp3) is 0.312. The fourth-order valence-electron chi connectivity index (χ4n) is 2.25. The molecule has 1 aromatic heterocycles. The van der Waals surface area contributed by atoms with Crippen LogP contribution in [0.5, 0.6) is 0 Å². The monoisotopic (exact) mass is 301 g/mol. The summed E-state index contributed by atoms with van der Waals surface area (Å²) in [6.45, 7) is 5.21. The number of hydrogen-bond donors (Lipinski definition) is 2. The van der Waals surface area contributed by atoms with Gasteiger partial charge in [0.25, 0.3) is 5.56 Å². The molecule has 2 N–H and O–H groups in total. The highest BCUT2D eigenvalue weighted by Crippen LogP contribution is 2.18. The third-order valence-electron chi connectivity index (χ3n) is 3.41. The number of H-pyrrole nitrogens is 1. The predicted molar refractivity (Wildman–Crippen MR) is 85.8 cm³/mol. The molecule has 6 nitrogen and oxygen atoms in total. The number of nitrogens with zero attached hydrogens (tertiary/aromatic N) is 1. The van der Waals surface area contributed by atoms with Crippen LogP contribution in [0.25, 0.3) is 0 Å². The molecule has 0 saturated carbocycles. The van der Waals surface area contributed by atoms with Crippen LogP contribution in [0.1, 0.15) is 25.0 Å². The molecule has 0 fully saturated rings. The van der Waals surface area contributed by atoms with Crippen LogP contribution >= 0.6 is 0 Å². The Morgan fingerprint density at radius 2 is 2.00 bits per heavy atom. The van der Waals surface area contributed by atoms with Gasteiger partial charge in [-0.1, -0.05) is 13.0 Å². The van der Waals surface area contributed by atoms with Gasteiger partial charge >= 0.3 is 5.69 Å². The van der Waals surface area contributed by atoms with Crippen molar-refractivity contribution in [2.45, 2.75) is 33.7 Å². The number of aryl methyl sites for hydroxylation is 2. The van der Waals surface area contributed by atoms with E-state index >= 15 is 0 Å². The van der Waals surface area contributed by atoms with E-state index in [1.807, 2.05) is 25.1 Å². The number of carbonyl (C=O) groups is 1. The summed E-state index contributed by atoms with van der Waals surface area (Å²) < 4.78 is 0.875. The molecule has 6 heteroatoms. The first-order chi connectivity index (χ1) is 10.4. The maximum absolute atomic E-state index is 11.9. The number of nitrogens with one attached hydrogen (secondary N) is 2. The third kappa shape index (κ3) is 3.52. The van der Waals surface area contributed by atoms with Gasteiger partial charge in [-0.05, 0) is 43.5 Å². The molecule has 2 aromatic rings. The molecule has 0 aliphatic heterocycles. The lowest BCUT2D eigenvalue weighted by atomic mass is 10.1. The minimum absolute atomic E-state index is 0.223. The number of Topliss-reactive ketones (excluding diaryl/α,β-unsaturated/α-hetero) is 1. The SMILES string of the molecule is CCc1cc(Nc2cc(=O)n(CC(C)=O)c(=O)[nH]2)ccc1C. The number of hydrogen-bond acceptors (Lipinski definition) is 4. The van der Waals surface area contributed by atoms with Crippen LogP contribution in [0, 0.1) is 6.92 Å². The first kappa shape index (κ1) is 15.8. The highest BCUT2D eigenvalue weighted by Gasteiger charge is 2.07. The zero-order valence-corrected chi connectivity index (χ0v) is 12.9. The van der Waals surface area contributed by atoms with Crippen molar-refractivity contribution in [2.75, 3.05) is 5.32 Å². The largest absolute Gasteiger partial charge is 0.342 e. The highest BCUT2D eigenvalue weighted by atomic mass is 16.2. The van der Waals surface area contributed by atoms with E-state index in [1.54, 1.807) is 0 Å². The molecule has 0 unspecified atom stereocenters. The lowest BCUT2D eigenvalue weighted by Gasteiger charge is -2.10. The molecule has 0 amide bonds. The van der Waals surface area contributed by atoms with E-state index in [0.29, 0.717) is 5.82 Å². The second-order valence-corrected chi connectivity index (χ2v) is 5.23. The van der Waals surface area contributed by atoms with E-state index < -0.39 is 11.2 Å². The molecular formula is C16H19N3O3. The van der Waals surface area contributed by atoms with Crippen LogP contribution in [0.4, 0.5) is 11.5 Å². The number of carbonyl (C=O) groups excluding carboxylic acids is 1. The average Bonchev–Trinajstić information content (AvgIpc) is 2.45. The fourth-order valence-corrected chi connectivity index (χ4v) is 2.25. The molecule has 22 heavy (non-hydrogen) atoms. The lowest BCUT2D eigenvalue weighted by molar-refractivity contribution is -0.117. The Bertz CT molecular complexity index is 787. The number of aromatic amines is 1. The quantitative estimate of drug-likeness (QED) is 0.881. The first-order valence-corrected chi connectivity index (χ1v) is 7.11. The third-order valence-corrected chi connectivity index (χ3v) is 3.41. The number of aromatic nitrogens is 2. The molecule has 0 bridgehead atoms. The summed E-state index contributed by atoms with van der Waals surface area (Å²) in [5, 5.41) is 3.01. The van der Waals surface area contributed by atoms with Gasteiger partial charge in [0.2, 0.25) is 0 Å². The molecule has 0 spiro atoms. The van der Waals surface area contributed by atoms with Crippen molar-refractivity contribution >= 4 is 17.3 Å². The predicted octanol–water partition coefficient (Wildman–Crippen LogP) is 1.74. The normalized spacial score (nSPS) is 10.5. The topological polar surface area (TPSA) is 84.0 Å². The Morgan fingerprint density at radius 1 is 1.27 bits per heavy atom. The molecule has 0 radical (unpaired) electrons. The van der Waals surface area contributed by atoms with E-state index in [4.69, 9.17) is 0 Å². The van der Waals surface area contributed by atoms with Gasteiger partial charge in [0.15, 0.2) is 0 Å². The molecular weight excluding hydrogens is 282 g/mol. The van der Waals surface area contributed by atoms with E-state index in [9.17, 15) is 14.4 Å². The van der Waals surface area contributed by atoms with Crippen molar-refractivity contribution in [3.8, 4) is 0 Å². The molecule has 0 atom stereocenters. The van der Waals surface area contributed by atoms with Crippen molar-refractivity contribution in [1.29, 1.82) is 0 Å². The van der Waals surface area contributed by atoms with E-state index in [2.05, 4.69) is 17.2 Å². The van der Waals surface area contributed by atoms with Gasteiger partial charge in [-0.15, -0.1) is 0 Å². The first-order valence-electron chi connectivity index (χ1n) is 7.11.